The van der Waals surface area contributed by atoms with Gasteiger partial charge in [0.25, 0.3) is 0 Å². The number of aliphatic carboxylic acids is 1. The predicted molar refractivity (Wildman–Crippen MR) is 170 cm³/mol. The van der Waals surface area contributed by atoms with Gasteiger partial charge in [-0.1, -0.05) is 74.4 Å². The first-order valence-electron chi connectivity index (χ1n) is 15.1. The SMILES string of the molecule is CCC(=O)CCCCC[C@H](NC(=O)Cn1c(=O)ncc2ccccc21)c1ncc(-c2ccc3ccccc3c2)[nH]1.O=C(O)C(F)(F)F. The summed E-state index contributed by atoms with van der Waals surface area (Å²) in [5.41, 5.74) is 2.06. The maximum absolute atomic E-state index is 13.2. The summed E-state index contributed by atoms with van der Waals surface area (Å²) in [5.74, 6) is -2.13. The van der Waals surface area contributed by atoms with Crippen molar-refractivity contribution in [3.63, 3.8) is 0 Å². The number of nitrogens with zero attached hydrogens (tertiary/aromatic N) is 3. The Hall–Kier alpha value is -5.33. The number of fused-ring (bicyclic) bond motifs is 2. The first kappa shape index (κ1) is 34.5. The van der Waals surface area contributed by atoms with Crippen LogP contribution in [0.4, 0.5) is 13.2 Å². The summed E-state index contributed by atoms with van der Waals surface area (Å²) in [5, 5.41) is 13.3. The third-order valence-electron chi connectivity index (χ3n) is 7.48. The zero-order chi connectivity index (χ0) is 34.0. The summed E-state index contributed by atoms with van der Waals surface area (Å²) < 4.78 is 33.1. The smallest absolute Gasteiger partial charge is 0.475 e. The number of amides is 1. The highest BCUT2D eigenvalue weighted by Gasteiger charge is 2.38. The lowest BCUT2D eigenvalue weighted by atomic mass is 10.0. The molecule has 0 saturated carbocycles. The van der Waals surface area contributed by atoms with E-state index in [1.807, 2.05) is 43.3 Å². The second-order valence-electron chi connectivity index (χ2n) is 10.8. The van der Waals surface area contributed by atoms with E-state index in [0.717, 1.165) is 46.7 Å². The standard InChI is InChI=1S/C32H33N5O3.C2HF3O2/c1-2-26(38)13-4-3-5-14-27(35-30(39)21-37-29-15-9-8-12-25(29)19-34-32(37)40)31-33-20-28(36-31)24-17-16-22-10-6-7-11-23(22)18-24;3-2(4,5)1(6)7/h6-12,15-20,27H,2-5,13-14,21H2,1H3,(H,33,36)(H,35,39);(H,6,7)/t27-;/m0./s1. The molecule has 0 saturated heterocycles. The number of hydrogen-bond acceptors (Lipinski definition) is 6. The average Bonchev–Trinajstić information content (AvgIpc) is 3.55. The molecule has 2 heterocycles. The molecule has 1 amide bonds. The summed E-state index contributed by atoms with van der Waals surface area (Å²) in [4.78, 5) is 58.3. The molecule has 0 bridgehead atoms. The highest BCUT2D eigenvalue weighted by Crippen LogP contribution is 2.26. The number of carboxylic acids is 1. The van der Waals surface area contributed by atoms with Crippen molar-refractivity contribution < 1.29 is 32.7 Å². The van der Waals surface area contributed by atoms with Gasteiger partial charge in [0.1, 0.15) is 18.2 Å². The Labute approximate surface area is 267 Å². The molecule has 5 rings (SSSR count). The molecular weight excluding hydrogens is 615 g/mol. The number of benzene rings is 3. The lowest BCUT2D eigenvalue weighted by Crippen LogP contribution is -2.36. The number of halogens is 3. The molecule has 0 aliphatic heterocycles. The van der Waals surface area contributed by atoms with E-state index >= 15 is 0 Å². The number of aromatic amines is 1. The Balaban J connectivity index is 0.000000644. The molecule has 1 atom stereocenters. The van der Waals surface area contributed by atoms with Crippen LogP contribution in [0.1, 0.15) is 57.3 Å². The molecule has 0 unspecified atom stereocenters. The van der Waals surface area contributed by atoms with Gasteiger partial charge in [0.2, 0.25) is 5.91 Å². The van der Waals surface area contributed by atoms with Crippen molar-refractivity contribution >= 4 is 39.3 Å². The summed E-state index contributed by atoms with van der Waals surface area (Å²) in [6, 6.07) is 21.4. The topological polar surface area (TPSA) is 147 Å². The number of imidazole rings is 1. The zero-order valence-corrected chi connectivity index (χ0v) is 25.6. The first-order chi connectivity index (χ1) is 22.5. The number of carboxylic acid groups (broad SMARTS) is 1. The summed E-state index contributed by atoms with van der Waals surface area (Å²) in [6.07, 6.45) is 2.55. The van der Waals surface area contributed by atoms with Crippen LogP contribution in [0.3, 0.4) is 0 Å². The largest absolute Gasteiger partial charge is 0.490 e. The molecule has 246 valence electrons. The van der Waals surface area contributed by atoms with E-state index in [1.54, 1.807) is 6.20 Å². The molecule has 0 aliphatic carbocycles. The Morgan fingerprint density at radius 2 is 1.60 bits per heavy atom. The van der Waals surface area contributed by atoms with E-state index in [9.17, 15) is 27.6 Å². The van der Waals surface area contributed by atoms with Gasteiger partial charge < -0.3 is 15.4 Å². The number of rotatable bonds is 12. The van der Waals surface area contributed by atoms with E-state index in [4.69, 9.17) is 9.90 Å². The summed E-state index contributed by atoms with van der Waals surface area (Å²) in [7, 11) is 0. The molecule has 0 aliphatic rings. The molecule has 0 spiro atoms. The van der Waals surface area contributed by atoms with E-state index in [2.05, 4.69) is 50.6 Å². The first-order valence-corrected chi connectivity index (χ1v) is 15.1. The minimum atomic E-state index is -5.08. The van der Waals surface area contributed by atoms with Gasteiger partial charge in [-0.3, -0.25) is 14.2 Å². The molecule has 2 aromatic heterocycles. The van der Waals surface area contributed by atoms with Gasteiger partial charge >= 0.3 is 17.8 Å². The second kappa shape index (κ2) is 15.8. The van der Waals surface area contributed by atoms with Crippen LogP contribution in [0.5, 0.6) is 0 Å². The Bertz CT molecular complexity index is 1920. The zero-order valence-electron chi connectivity index (χ0n) is 25.6. The molecule has 10 nitrogen and oxygen atoms in total. The minimum absolute atomic E-state index is 0.146. The van der Waals surface area contributed by atoms with Crippen LogP contribution < -0.4 is 11.0 Å². The van der Waals surface area contributed by atoms with Gasteiger partial charge in [0.05, 0.1) is 23.4 Å². The number of nitrogens with one attached hydrogen (secondary N) is 2. The number of carbonyl (C=O) groups excluding carboxylic acids is 2. The normalized spacial score (nSPS) is 11.9. The van der Waals surface area contributed by atoms with Crippen molar-refractivity contribution in [3.05, 3.63) is 95.4 Å². The number of carbonyl (C=O) groups is 3. The van der Waals surface area contributed by atoms with Gasteiger partial charge in [0.15, 0.2) is 0 Å². The highest BCUT2D eigenvalue weighted by molar-refractivity contribution is 5.87. The van der Waals surface area contributed by atoms with Gasteiger partial charge in [-0.2, -0.15) is 13.2 Å². The fraction of sp³-hybridized carbons (Fsp3) is 0.294. The number of unbranched alkanes of at least 4 members (excludes halogenated alkanes) is 2. The van der Waals surface area contributed by atoms with Crippen molar-refractivity contribution in [3.8, 4) is 11.3 Å². The number of hydrogen-bond donors (Lipinski definition) is 3. The van der Waals surface area contributed by atoms with Crippen LogP contribution in [-0.2, 0) is 20.9 Å². The molecule has 3 N–H and O–H groups in total. The van der Waals surface area contributed by atoms with Crippen molar-refractivity contribution in [2.45, 2.75) is 64.2 Å². The maximum atomic E-state index is 13.2. The quantitative estimate of drug-likeness (QED) is 0.133. The lowest BCUT2D eigenvalue weighted by Gasteiger charge is -2.18. The van der Waals surface area contributed by atoms with Crippen molar-refractivity contribution in [1.82, 2.24) is 24.8 Å². The average molecular weight is 650 g/mol. The molecule has 13 heteroatoms. The number of ketones is 1. The van der Waals surface area contributed by atoms with Gasteiger partial charge in [0, 0.05) is 30.0 Å². The van der Waals surface area contributed by atoms with E-state index in [1.165, 1.54) is 10.8 Å². The Morgan fingerprint density at radius 1 is 0.915 bits per heavy atom. The van der Waals surface area contributed by atoms with Gasteiger partial charge in [-0.25, -0.2) is 19.6 Å². The number of para-hydroxylation sites is 1. The van der Waals surface area contributed by atoms with Crippen LogP contribution in [0.25, 0.3) is 32.9 Å². The van der Waals surface area contributed by atoms with E-state index in [0.29, 0.717) is 30.6 Å². The second-order valence-corrected chi connectivity index (χ2v) is 10.8. The third-order valence-corrected chi connectivity index (χ3v) is 7.48. The van der Waals surface area contributed by atoms with Gasteiger partial charge in [-0.15, -0.1) is 0 Å². The fourth-order valence-corrected chi connectivity index (χ4v) is 5.00. The summed E-state index contributed by atoms with van der Waals surface area (Å²) in [6.45, 7) is 1.74. The van der Waals surface area contributed by atoms with Crippen LogP contribution >= 0.6 is 0 Å². The van der Waals surface area contributed by atoms with Crippen LogP contribution in [0.2, 0.25) is 0 Å². The molecule has 0 radical (unpaired) electrons. The number of Topliss-reactive ketones (excluding diaryl/α,β-unsaturated/α-hetero) is 1. The highest BCUT2D eigenvalue weighted by atomic mass is 19.4. The molecule has 5 aromatic rings. The lowest BCUT2D eigenvalue weighted by molar-refractivity contribution is -0.192. The van der Waals surface area contributed by atoms with Crippen molar-refractivity contribution in [2.24, 2.45) is 0 Å². The molecular formula is C34H34F3N5O5. The molecule has 0 fully saturated rings. The summed E-state index contributed by atoms with van der Waals surface area (Å²) >= 11 is 0. The Kier molecular flexibility index (Phi) is 11.6. The maximum Gasteiger partial charge on any atom is 0.490 e. The number of alkyl halides is 3. The number of H-pyrrole nitrogens is 1. The van der Waals surface area contributed by atoms with Gasteiger partial charge in [-0.05, 0) is 35.7 Å². The van der Waals surface area contributed by atoms with Crippen LogP contribution in [0.15, 0.2) is 83.9 Å². The molecule has 3 aromatic carbocycles. The van der Waals surface area contributed by atoms with E-state index < -0.39 is 17.8 Å². The van der Waals surface area contributed by atoms with Crippen LogP contribution in [-0.4, -0.2) is 48.5 Å². The van der Waals surface area contributed by atoms with Crippen molar-refractivity contribution in [1.29, 1.82) is 0 Å². The number of aromatic nitrogens is 4. The third kappa shape index (κ3) is 9.58. The monoisotopic (exact) mass is 649 g/mol. The fourth-order valence-electron chi connectivity index (χ4n) is 5.00. The molecule has 47 heavy (non-hydrogen) atoms. The minimum Gasteiger partial charge on any atom is -0.475 e. The van der Waals surface area contributed by atoms with Crippen LogP contribution in [0, 0.1) is 0 Å². The van der Waals surface area contributed by atoms with Crippen molar-refractivity contribution in [2.75, 3.05) is 0 Å². The van der Waals surface area contributed by atoms with E-state index in [-0.39, 0.29) is 24.3 Å². The predicted octanol–water partition coefficient (Wildman–Crippen LogP) is 6.36. The Morgan fingerprint density at radius 3 is 2.30 bits per heavy atom.